The molecule has 0 radical (unpaired) electrons. The summed E-state index contributed by atoms with van der Waals surface area (Å²) in [6, 6.07) is 10.2. The molecule has 0 saturated heterocycles. The Morgan fingerprint density at radius 1 is 1.25 bits per heavy atom. The van der Waals surface area contributed by atoms with Crippen LogP contribution in [0.3, 0.4) is 0 Å². The Kier molecular flexibility index (Phi) is 4.42. The summed E-state index contributed by atoms with van der Waals surface area (Å²) < 4.78 is 0.664. The summed E-state index contributed by atoms with van der Waals surface area (Å²) in [6.07, 6.45) is 0. The minimum Gasteiger partial charge on any atom is -0.366 e. The van der Waals surface area contributed by atoms with Gasteiger partial charge in [-0.1, -0.05) is 43.7 Å². The highest BCUT2D eigenvalue weighted by molar-refractivity contribution is 14.1. The first kappa shape index (κ1) is 15.0. The van der Waals surface area contributed by atoms with Crippen molar-refractivity contribution in [2.75, 3.05) is 0 Å². The van der Waals surface area contributed by atoms with E-state index < -0.39 is 5.91 Å². The van der Waals surface area contributed by atoms with Crippen LogP contribution in [0.25, 0.3) is 11.3 Å². The third-order valence-electron chi connectivity index (χ3n) is 3.22. The second kappa shape index (κ2) is 5.91. The van der Waals surface area contributed by atoms with Gasteiger partial charge in [-0.2, -0.15) is 0 Å². The number of nitrogens with zero attached hydrogens (tertiary/aromatic N) is 1. The first-order valence-electron chi connectivity index (χ1n) is 6.47. The maximum absolute atomic E-state index is 11.6. The first-order chi connectivity index (χ1) is 9.40. The topological polar surface area (TPSA) is 56.0 Å². The van der Waals surface area contributed by atoms with E-state index in [2.05, 4.69) is 60.5 Å². The average Bonchev–Trinajstić information content (AvgIpc) is 2.37. The Bertz CT molecular complexity index is 648. The number of benzene rings is 1. The van der Waals surface area contributed by atoms with E-state index >= 15 is 0 Å². The molecule has 1 heterocycles. The number of aromatic nitrogens is 1. The van der Waals surface area contributed by atoms with Crippen molar-refractivity contribution in [1.29, 1.82) is 0 Å². The second-order valence-corrected chi connectivity index (χ2v) is 6.17. The van der Waals surface area contributed by atoms with Gasteiger partial charge in [0.05, 0.1) is 11.3 Å². The van der Waals surface area contributed by atoms with E-state index in [1.54, 1.807) is 0 Å². The lowest BCUT2D eigenvalue weighted by Crippen LogP contribution is -2.17. The average molecular weight is 380 g/mol. The summed E-state index contributed by atoms with van der Waals surface area (Å²) in [5.41, 5.74) is 10.1. The Morgan fingerprint density at radius 3 is 2.35 bits per heavy atom. The van der Waals surface area contributed by atoms with Gasteiger partial charge in [-0.15, -0.1) is 0 Å². The van der Waals surface area contributed by atoms with Crippen molar-refractivity contribution in [2.45, 2.75) is 26.7 Å². The van der Waals surface area contributed by atoms with E-state index in [4.69, 9.17) is 5.73 Å². The van der Waals surface area contributed by atoms with Gasteiger partial charge in [0.25, 0.3) is 5.91 Å². The first-order valence-corrected chi connectivity index (χ1v) is 7.55. The summed E-state index contributed by atoms with van der Waals surface area (Å²) in [5.74, 6) is -0.195. The van der Waals surface area contributed by atoms with Crippen LogP contribution in [0, 0.1) is 10.6 Å². The van der Waals surface area contributed by atoms with Crippen LogP contribution in [0.15, 0.2) is 30.3 Å². The molecule has 104 valence electrons. The molecule has 0 saturated carbocycles. The van der Waals surface area contributed by atoms with Gasteiger partial charge in [0.1, 0.15) is 3.70 Å². The van der Waals surface area contributed by atoms with Gasteiger partial charge >= 0.3 is 0 Å². The Hall–Kier alpha value is -1.43. The van der Waals surface area contributed by atoms with Crippen LogP contribution in [-0.4, -0.2) is 10.9 Å². The summed E-state index contributed by atoms with van der Waals surface area (Å²) in [6.45, 7) is 6.16. The standard InChI is InChI=1S/C16H17IN2O/c1-9(2)12-8-13(11-6-4-10(3)5-7-11)19-15(17)14(12)16(18)20/h4-9H,1-3H3,(H2,18,20). The second-order valence-electron chi connectivity index (χ2n) is 5.15. The normalized spacial score (nSPS) is 10.8. The van der Waals surface area contributed by atoms with Crippen LogP contribution in [0.4, 0.5) is 0 Å². The predicted molar refractivity (Wildman–Crippen MR) is 89.7 cm³/mol. The highest BCUT2D eigenvalue weighted by atomic mass is 127. The molecule has 1 aromatic carbocycles. The molecule has 4 heteroatoms. The Morgan fingerprint density at radius 2 is 1.85 bits per heavy atom. The van der Waals surface area contributed by atoms with Crippen molar-refractivity contribution < 1.29 is 4.79 Å². The lowest BCUT2D eigenvalue weighted by molar-refractivity contribution is 0.0998. The maximum atomic E-state index is 11.6. The zero-order chi connectivity index (χ0) is 14.9. The lowest BCUT2D eigenvalue weighted by atomic mass is 9.96. The summed E-state index contributed by atoms with van der Waals surface area (Å²) in [4.78, 5) is 16.1. The van der Waals surface area contributed by atoms with Gasteiger partial charge in [0.2, 0.25) is 0 Å². The zero-order valence-corrected chi connectivity index (χ0v) is 13.9. The molecule has 0 aliphatic heterocycles. The Balaban J connectivity index is 2.62. The number of aryl methyl sites for hydroxylation is 1. The van der Waals surface area contributed by atoms with Crippen LogP contribution in [0.2, 0.25) is 0 Å². The lowest BCUT2D eigenvalue weighted by Gasteiger charge is -2.14. The number of carbonyl (C=O) groups excluding carboxylic acids is 1. The van der Waals surface area contributed by atoms with Crippen LogP contribution >= 0.6 is 22.6 Å². The van der Waals surface area contributed by atoms with Crippen molar-refractivity contribution in [3.8, 4) is 11.3 Å². The molecule has 0 aliphatic rings. The summed E-state index contributed by atoms with van der Waals surface area (Å²) in [7, 11) is 0. The fourth-order valence-electron chi connectivity index (χ4n) is 2.10. The SMILES string of the molecule is Cc1ccc(-c2cc(C(C)C)c(C(N)=O)c(I)n2)cc1. The van der Waals surface area contributed by atoms with E-state index in [0.717, 1.165) is 16.8 Å². The van der Waals surface area contributed by atoms with Gasteiger partial charge < -0.3 is 5.73 Å². The molecule has 3 nitrogen and oxygen atoms in total. The molecule has 0 atom stereocenters. The molecular formula is C16H17IN2O. The summed E-state index contributed by atoms with van der Waals surface area (Å²) in [5, 5.41) is 0. The largest absolute Gasteiger partial charge is 0.366 e. The molecule has 1 aromatic heterocycles. The fourth-order valence-corrected chi connectivity index (χ4v) is 2.94. The number of primary amides is 1. The molecule has 2 rings (SSSR count). The predicted octanol–water partition coefficient (Wildman–Crippen LogP) is 3.88. The van der Waals surface area contributed by atoms with Crippen LogP contribution in [0.1, 0.15) is 41.3 Å². The van der Waals surface area contributed by atoms with Crippen molar-refractivity contribution in [3.63, 3.8) is 0 Å². The minimum atomic E-state index is -0.416. The number of rotatable bonds is 3. The van der Waals surface area contributed by atoms with E-state index in [9.17, 15) is 4.79 Å². The van der Waals surface area contributed by atoms with Crippen LogP contribution in [-0.2, 0) is 0 Å². The van der Waals surface area contributed by atoms with Crippen LogP contribution < -0.4 is 5.73 Å². The molecular weight excluding hydrogens is 363 g/mol. The van der Waals surface area contributed by atoms with Crippen molar-refractivity contribution in [2.24, 2.45) is 5.73 Å². The maximum Gasteiger partial charge on any atom is 0.251 e. The number of halogens is 1. The van der Waals surface area contributed by atoms with E-state index in [0.29, 0.717) is 9.26 Å². The summed E-state index contributed by atoms with van der Waals surface area (Å²) >= 11 is 2.08. The molecule has 20 heavy (non-hydrogen) atoms. The molecule has 0 bridgehead atoms. The highest BCUT2D eigenvalue weighted by Gasteiger charge is 2.18. The quantitative estimate of drug-likeness (QED) is 0.649. The van der Waals surface area contributed by atoms with Gasteiger partial charge in [0.15, 0.2) is 0 Å². The number of nitrogens with two attached hydrogens (primary N) is 1. The van der Waals surface area contributed by atoms with E-state index in [1.165, 1.54) is 5.56 Å². The zero-order valence-electron chi connectivity index (χ0n) is 11.8. The van der Waals surface area contributed by atoms with Crippen molar-refractivity contribution in [1.82, 2.24) is 4.98 Å². The Labute approximate surface area is 132 Å². The van der Waals surface area contributed by atoms with Crippen molar-refractivity contribution in [3.05, 3.63) is 50.7 Å². The number of amides is 1. The third-order valence-corrected chi connectivity index (χ3v) is 4.00. The smallest absolute Gasteiger partial charge is 0.251 e. The number of hydrogen-bond acceptors (Lipinski definition) is 2. The molecule has 2 aromatic rings. The fraction of sp³-hybridized carbons (Fsp3) is 0.250. The molecule has 0 spiro atoms. The third kappa shape index (κ3) is 3.00. The van der Waals surface area contributed by atoms with Gasteiger partial charge in [0, 0.05) is 5.56 Å². The molecule has 2 N–H and O–H groups in total. The van der Waals surface area contributed by atoms with Crippen LogP contribution in [0.5, 0.6) is 0 Å². The van der Waals surface area contributed by atoms with Crippen molar-refractivity contribution >= 4 is 28.5 Å². The van der Waals surface area contributed by atoms with E-state index in [1.807, 2.05) is 18.2 Å². The molecule has 0 fully saturated rings. The van der Waals surface area contributed by atoms with Gasteiger partial charge in [-0.25, -0.2) is 4.98 Å². The number of hydrogen-bond donors (Lipinski definition) is 1. The minimum absolute atomic E-state index is 0.221. The molecule has 0 unspecified atom stereocenters. The van der Waals surface area contributed by atoms with Gasteiger partial charge in [-0.05, 0) is 47.1 Å². The monoisotopic (exact) mass is 380 g/mol. The number of pyridine rings is 1. The van der Waals surface area contributed by atoms with Gasteiger partial charge in [-0.3, -0.25) is 4.79 Å². The highest BCUT2D eigenvalue weighted by Crippen LogP contribution is 2.28. The number of carbonyl (C=O) groups is 1. The van der Waals surface area contributed by atoms with E-state index in [-0.39, 0.29) is 5.92 Å². The molecule has 1 amide bonds. The molecule has 0 aliphatic carbocycles.